The summed E-state index contributed by atoms with van der Waals surface area (Å²) in [6.07, 6.45) is 0. The predicted octanol–water partition coefficient (Wildman–Crippen LogP) is 4.45. The van der Waals surface area contributed by atoms with Crippen molar-refractivity contribution >= 4 is 28.6 Å². The van der Waals surface area contributed by atoms with Gasteiger partial charge in [0.05, 0.1) is 28.4 Å². The minimum Gasteiger partial charge on any atom is -0.377 e. The summed E-state index contributed by atoms with van der Waals surface area (Å²) >= 11 is 7.81. The van der Waals surface area contributed by atoms with Gasteiger partial charge in [-0.05, 0) is 36.6 Å². The highest BCUT2D eigenvalue weighted by Gasteiger charge is 2.08. The van der Waals surface area contributed by atoms with Gasteiger partial charge in [-0.25, -0.2) is 0 Å². The summed E-state index contributed by atoms with van der Waals surface area (Å²) in [5.41, 5.74) is 1.43. The van der Waals surface area contributed by atoms with Crippen molar-refractivity contribution in [3.05, 3.63) is 51.2 Å². The minimum absolute atomic E-state index is 0.209. The van der Waals surface area contributed by atoms with E-state index in [-0.39, 0.29) is 6.04 Å². The Hall–Kier alpha value is -1.50. The van der Waals surface area contributed by atoms with Crippen molar-refractivity contribution < 1.29 is 0 Å². The van der Waals surface area contributed by atoms with Crippen LogP contribution in [0.3, 0.4) is 0 Å². The van der Waals surface area contributed by atoms with Gasteiger partial charge in [0.2, 0.25) is 0 Å². The van der Waals surface area contributed by atoms with Crippen LogP contribution in [-0.4, -0.2) is 0 Å². The highest BCUT2D eigenvalue weighted by molar-refractivity contribution is 7.10. The third-order valence-corrected chi connectivity index (χ3v) is 3.81. The number of hydrogen-bond donors (Lipinski definition) is 1. The van der Waals surface area contributed by atoms with E-state index in [2.05, 4.69) is 24.4 Å². The average molecular weight is 263 g/mol. The van der Waals surface area contributed by atoms with Gasteiger partial charge in [-0.2, -0.15) is 5.26 Å². The van der Waals surface area contributed by atoms with E-state index in [9.17, 15) is 0 Å². The van der Waals surface area contributed by atoms with E-state index in [0.29, 0.717) is 10.6 Å². The quantitative estimate of drug-likeness (QED) is 0.887. The molecule has 1 unspecified atom stereocenters. The lowest BCUT2D eigenvalue weighted by molar-refractivity contribution is 0.908. The van der Waals surface area contributed by atoms with E-state index >= 15 is 0 Å². The molecule has 86 valence electrons. The topological polar surface area (TPSA) is 35.8 Å². The van der Waals surface area contributed by atoms with Crippen LogP contribution in [0.5, 0.6) is 0 Å². The summed E-state index contributed by atoms with van der Waals surface area (Å²) in [4.78, 5) is 1.26. The molecule has 1 aromatic carbocycles. The largest absolute Gasteiger partial charge is 0.377 e. The van der Waals surface area contributed by atoms with Gasteiger partial charge in [-0.3, -0.25) is 0 Å². The summed E-state index contributed by atoms with van der Waals surface area (Å²) in [5, 5.41) is 14.7. The lowest BCUT2D eigenvalue weighted by Gasteiger charge is -2.14. The third-order valence-electron chi connectivity index (χ3n) is 2.44. The zero-order valence-corrected chi connectivity index (χ0v) is 10.8. The summed E-state index contributed by atoms with van der Waals surface area (Å²) in [7, 11) is 0. The molecule has 0 aliphatic carbocycles. The second kappa shape index (κ2) is 5.22. The number of benzene rings is 1. The molecule has 0 aliphatic rings. The first kappa shape index (κ1) is 12.0. The minimum atomic E-state index is 0.209. The van der Waals surface area contributed by atoms with Gasteiger partial charge in [-0.1, -0.05) is 17.7 Å². The van der Waals surface area contributed by atoms with Gasteiger partial charge < -0.3 is 5.32 Å². The van der Waals surface area contributed by atoms with Crippen molar-refractivity contribution in [2.45, 2.75) is 13.0 Å². The highest BCUT2D eigenvalue weighted by Crippen LogP contribution is 2.28. The molecule has 0 saturated heterocycles. The Morgan fingerprint density at radius 3 is 2.82 bits per heavy atom. The molecule has 0 saturated carbocycles. The monoisotopic (exact) mass is 262 g/mol. The molecular formula is C13H11ClN2S. The molecule has 2 aromatic rings. The molecule has 17 heavy (non-hydrogen) atoms. The molecule has 0 amide bonds. The molecule has 0 spiro atoms. The van der Waals surface area contributed by atoms with Gasteiger partial charge in [0, 0.05) is 4.88 Å². The third kappa shape index (κ3) is 2.79. The van der Waals surface area contributed by atoms with Crippen LogP contribution in [0, 0.1) is 11.3 Å². The first-order chi connectivity index (χ1) is 8.20. The number of nitrogens with zero attached hydrogens (tertiary/aromatic N) is 1. The van der Waals surface area contributed by atoms with Crippen molar-refractivity contribution in [1.29, 1.82) is 5.26 Å². The van der Waals surface area contributed by atoms with Crippen LogP contribution in [0.2, 0.25) is 5.02 Å². The Labute approximate surface area is 109 Å². The predicted molar refractivity (Wildman–Crippen MR) is 72.5 cm³/mol. The van der Waals surface area contributed by atoms with Crippen molar-refractivity contribution in [3.8, 4) is 6.07 Å². The van der Waals surface area contributed by atoms with Crippen molar-refractivity contribution in [3.63, 3.8) is 0 Å². The molecule has 2 nitrogen and oxygen atoms in total. The SMILES string of the molecule is CC(Nc1ccc(C#N)cc1Cl)c1cccs1. The molecule has 0 aliphatic heterocycles. The number of halogens is 1. The maximum absolute atomic E-state index is 8.76. The van der Waals surface area contributed by atoms with Crippen molar-refractivity contribution in [2.75, 3.05) is 5.32 Å². The van der Waals surface area contributed by atoms with Crippen LogP contribution in [0.15, 0.2) is 35.7 Å². The fraction of sp³-hybridized carbons (Fsp3) is 0.154. The van der Waals surface area contributed by atoms with Gasteiger partial charge in [0.1, 0.15) is 0 Å². The van der Waals surface area contributed by atoms with E-state index in [1.54, 1.807) is 23.5 Å². The molecule has 0 bridgehead atoms. The molecule has 1 heterocycles. The maximum atomic E-state index is 8.76. The summed E-state index contributed by atoms with van der Waals surface area (Å²) in [5.74, 6) is 0. The zero-order valence-electron chi connectivity index (χ0n) is 9.27. The molecule has 0 fully saturated rings. The average Bonchev–Trinajstić information content (AvgIpc) is 2.85. The molecule has 4 heteroatoms. The van der Waals surface area contributed by atoms with Crippen LogP contribution in [0.1, 0.15) is 23.4 Å². The number of nitrogens with one attached hydrogen (secondary N) is 1. The summed E-state index contributed by atoms with van der Waals surface area (Å²) in [6.45, 7) is 2.08. The van der Waals surface area contributed by atoms with Crippen LogP contribution < -0.4 is 5.32 Å². The van der Waals surface area contributed by atoms with Gasteiger partial charge in [0.25, 0.3) is 0 Å². The van der Waals surface area contributed by atoms with E-state index in [1.165, 1.54) is 4.88 Å². The van der Waals surface area contributed by atoms with Gasteiger partial charge in [-0.15, -0.1) is 11.3 Å². The fourth-order valence-electron chi connectivity index (χ4n) is 1.54. The second-order valence-corrected chi connectivity index (χ2v) is 5.07. The van der Waals surface area contributed by atoms with Crippen molar-refractivity contribution in [1.82, 2.24) is 0 Å². The smallest absolute Gasteiger partial charge is 0.0992 e. The lowest BCUT2D eigenvalue weighted by atomic mass is 10.2. The number of nitriles is 1. The van der Waals surface area contributed by atoms with E-state index in [1.807, 2.05) is 17.5 Å². The normalized spacial score (nSPS) is 11.8. The number of hydrogen-bond acceptors (Lipinski definition) is 3. The van der Waals surface area contributed by atoms with E-state index < -0.39 is 0 Å². The van der Waals surface area contributed by atoms with Gasteiger partial charge >= 0.3 is 0 Å². The number of thiophene rings is 1. The van der Waals surface area contributed by atoms with E-state index in [0.717, 1.165) is 5.69 Å². The number of anilines is 1. The molecule has 2 rings (SSSR count). The Balaban J connectivity index is 2.17. The molecule has 1 N–H and O–H groups in total. The number of rotatable bonds is 3. The molecule has 0 radical (unpaired) electrons. The Kier molecular flexibility index (Phi) is 3.68. The Morgan fingerprint density at radius 2 is 2.24 bits per heavy atom. The zero-order chi connectivity index (χ0) is 12.3. The van der Waals surface area contributed by atoms with Crippen LogP contribution >= 0.6 is 22.9 Å². The lowest BCUT2D eigenvalue weighted by Crippen LogP contribution is -2.05. The fourth-order valence-corrected chi connectivity index (χ4v) is 2.51. The molecular weight excluding hydrogens is 252 g/mol. The maximum Gasteiger partial charge on any atom is 0.0992 e. The highest BCUT2D eigenvalue weighted by atomic mass is 35.5. The molecule has 1 aromatic heterocycles. The van der Waals surface area contributed by atoms with Gasteiger partial charge in [0.15, 0.2) is 0 Å². The van der Waals surface area contributed by atoms with Crippen LogP contribution in [0.4, 0.5) is 5.69 Å². The van der Waals surface area contributed by atoms with Crippen LogP contribution in [0.25, 0.3) is 0 Å². The summed E-state index contributed by atoms with van der Waals surface area (Å²) < 4.78 is 0. The Bertz CT molecular complexity index is 543. The van der Waals surface area contributed by atoms with Crippen molar-refractivity contribution in [2.24, 2.45) is 0 Å². The second-order valence-electron chi connectivity index (χ2n) is 3.69. The Morgan fingerprint density at radius 1 is 1.41 bits per heavy atom. The first-order valence-electron chi connectivity index (χ1n) is 5.20. The first-order valence-corrected chi connectivity index (χ1v) is 6.46. The standard InChI is InChI=1S/C13H11ClN2S/c1-9(13-3-2-6-17-13)16-12-5-4-10(8-15)7-11(12)14/h2-7,9,16H,1H3. The van der Waals surface area contributed by atoms with E-state index in [4.69, 9.17) is 16.9 Å². The van der Waals surface area contributed by atoms with Crippen LogP contribution in [-0.2, 0) is 0 Å². The summed E-state index contributed by atoms with van der Waals surface area (Å²) in [6, 6.07) is 11.7. The molecule has 1 atom stereocenters.